The van der Waals surface area contributed by atoms with Gasteiger partial charge in [0.2, 0.25) is 0 Å². The molecule has 0 spiro atoms. The van der Waals surface area contributed by atoms with Gasteiger partial charge in [-0.05, 0) is 32.3 Å². The van der Waals surface area contributed by atoms with Crippen LogP contribution in [0.1, 0.15) is 52.1 Å². The predicted octanol–water partition coefficient (Wildman–Crippen LogP) is 4.76. The van der Waals surface area contributed by atoms with Crippen LogP contribution in [0.5, 0.6) is 5.75 Å². The number of para-hydroxylation sites is 1. The summed E-state index contributed by atoms with van der Waals surface area (Å²) in [4.78, 5) is 0. The van der Waals surface area contributed by atoms with Crippen LogP contribution in [0, 0.1) is 5.92 Å². The van der Waals surface area contributed by atoms with Crippen LogP contribution in [0.2, 0.25) is 0 Å². The first-order valence-electron chi connectivity index (χ1n) is 7.23. The number of ether oxygens (including phenoxy) is 1. The zero-order chi connectivity index (χ0) is 15.1. The van der Waals surface area contributed by atoms with E-state index in [1.165, 1.54) is 0 Å². The van der Waals surface area contributed by atoms with Crippen LogP contribution >= 0.6 is 0 Å². The fourth-order valence-electron chi connectivity index (χ4n) is 2.40. The third-order valence-corrected chi connectivity index (χ3v) is 3.59. The molecule has 0 heterocycles. The van der Waals surface area contributed by atoms with Gasteiger partial charge >= 0.3 is 6.61 Å². The Hall–Kier alpha value is -1.16. The molecule has 3 unspecified atom stereocenters. The Labute approximate surface area is 120 Å². The molecule has 3 atom stereocenters. The van der Waals surface area contributed by atoms with Crippen LogP contribution in [0.25, 0.3) is 0 Å². The highest BCUT2D eigenvalue weighted by Gasteiger charge is 2.16. The highest BCUT2D eigenvalue weighted by Crippen LogP contribution is 2.27. The van der Waals surface area contributed by atoms with Gasteiger partial charge in [0.25, 0.3) is 0 Å². The molecular weight excluding hydrogens is 260 g/mol. The summed E-state index contributed by atoms with van der Waals surface area (Å²) in [5.74, 6) is 0.899. The molecule has 0 aliphatic heterocycles. The van der Waals surface area contributed by atoms with Crippen molar-refractivity contribution < 1.29 is 13.5 Å². The molecule has 0 aliphatic rings. The molecule has 0 aromatic heterocycles. The normalized spacial score (nSPS) is 15.9. The van der Waals surface area contributed by atoms with Crippen LogP contribution < -0.4 is 10.1 Å². The van der Waals surface area contributed by atoms with Crippen molar-refractivity contribution in [2.45, 2.75) is 59.2 Å². The van der Waals surface area contributed by atoms with E-state index in [1.807, 2.05) is 19.1 Å². The minimum atomic E-state index is -2.79. The van der Waals surface area contributed by atoms with E-state index in [2.05, 4.69) is 30.8 Å². The molecule has 0 amide bonds. The first-order valence-corrected chi connectivity index (χ1v) is 7.23. The average molecular weight is 285 g/mol. The molecule has 2 nitrogen and oxygen atoms in total. The van der Waals surface area contributed by atoms with E-state index in [0.29, 0.717) is 12.0 Å². The first-order chi connectivity index (χ1) is 9.43. The Morgan fingerprint density at radius 2 is 1.80 bits per heavy atom. The summed E-state index contributed by atoms with van der Waals surface area (Å²) < 4.78 is 29.4. The maximum Gasteiger partial charge on any atom is 0.387 e. The molecule has 0 fully saturated rings. The lowest BCUT2D eigenvalue weighted by molar-refractivity contribution is -0.0506. The van der Waals surface area contributed by atoms with Gasteiger partial charge in [-0.25, -0.2) is 0 Å². The molecule has 114 valence electrons. The standard InChI is InChI=1S/C16H25F2NO/c1-5-11(2)10-12(3)19-13(4)14-8-6-7-9-15(14)20-16(17)18/h6-9,11-13,16,19H,5,10H2,1-4H3. The van der Waals surface area contributed by atoms with E-state index in [-0.39, 0.29) is 11.8 Å². The van der Waals surface area contributed by atoms with Crippen LogP contribution in [0.15, 0.2) is 24.3 Å². The van der Waals surface area contributed by atoms with Crippen molar-refractivity contribution in [2.75, 3.05) is 0 Å². The second kappa shape index (κ2) is 8.20. The smallest absolute Gasteiger partial charge is 0.387 e. The van der Waals surface area contributed by atoms with Gasteiger partial charge in [0.05, 0.1) is 0 Å². The Bertz CT molecular complexity index is 398. The van der Waals surface area contributed by atoms with Gasteiger partial charge in [-0.3, -0.25) is 0 Å². The molecule has 0 aliphatic carbocycles. The summed E-state index contributed by atoms with van der Waals surface area (Å²) in [5.41, 5.74) is 0.767. The molecule has 0 radical (unpaired) electrons. The van der Waals surface area contributed by atoms with E-state index >= 15 is 0 Å². The topological polar surface area (TPSA) is 21.3 Å². The zero-order valence-corrected chi connectivity index (χ0v) is 12.7. The summed E-state index contributed by atoms with van der Waals surface area (Å²) in [6, 6.07) is 7.26. The molecule has 20 heavy (non-hydrogen) atoms. The van der Waals surface area contributed by atoms with Crippen molar-refractivity contribution in [3.8, 4) is 5.75 Å². The number of halogens is 2. The van der Waals surface area contributed by atoms with Crippen LogP contribution in [-0.2, 0) is 0 Å². The monoisotopic (exact) mass is 285 g/mol. The highest BCUT2D eigenvalue weighted by atomic mass is 19.3. The minimum Gasteiger partial charge on any atom is -0.434 e. The lowest BCUT2D eigenvalue weighted by Gasteiger charge is -2.24. The van der Waals surface area contributed by atoms with Crippen molar-refractivity contribution in [1.82, 2.24) is 5.32 Å². The molecule has 1 rings (SSSR count). The van der Waals surface area contributed by atoms with Gasteiger partial charge in [0, 0.05) is 17.6 Å². The van der Waals surface area contributed by atoms with Gasteiger partial charge < -0.3 is 10.1 Å². The van der Waals surface area contributed by atoms with Crippen molar-refractivity contribution in [2.24, 2.45) is 5.92 Å². The third-order valence-electron chi connectivity index (χ3n) is 3.59. The number of alkyl halides is 2. The van der Waals surface area contributed by atoms with E-state index in [1.54, 1.807) is 12.1 Å². The van der Waals surface area contributed by atoms with E-state index in [4.69, 9.17) is 0 Å². The van der Waals surface area contributed by atoms with Crippen molar-refractivity contribution >= 4 is 0 Å². The summed E-state index contributed by atoms with van der Waals surface area (Å²) >= 11 is 0. The number of hydrogen-bond donors (Lipinski definition) is 1. The molecular formula is C16H25F2NO. The second-order valence-electron chi connectivity index (χ2n) is 5.45. The summed E-state index contributed by atoms with van der Waals surface area (Å²) in [6.45, 7) is 5.70. The fourth-order valence-corrected chi connectivity index (χ4v) is 2.40. The maximum absolute atomic E-state index is 12.4. The van der Waals surface area contributed by atoms with Crippen molar-refractivity contribution in [3.05, 3.63) is 29.8 Å². The SMILES string of the molecule is CCC(C)CC(C)NC(C)c1ccccc1OC(F)F. The molecule has 1 aromatic rings. The number of nitrogens with one attached hydrogen (secondary N) is 1. The lowest BCUT2D eigenvalue weighted by atomic mass is 9.99. The first kappa shape index (κ1) is 16.9. The lowest BCUT2D eigenvalue weighted by Crippen LogP contribution is -2.30. The number of rotatable bonds is 8. The van der Waals surface area contributed by atoms with Gasteiger partial charge in [-0.2, -0.15) is 8.78 Å². The van der Waals surface area contributed by atoms with Crippen molar-refractivity contribution in [1.29, 1.82) is 0 Å². The summed E-state index contributed by atoms with van der Waals surface area (Å²) in [5, 5.41) is 3.45. The quantitative estimate of drug-likeness (QED) is 0.743. The number of hydrogen-bond acceptors (Lipinski definition) is 2. The molecule has 4 heteroatoms. The average Bonchev–Trinajstić information content (AvgIpc) is 2.38. The van der Waals surface area contributed by atoms with Gasteiger partial charge in [0.15, 0.2) is 0 Å². The van der Waals surface area contributed by atoms with Gasteiger partial charge in [0.1, 0.15) is 5.75 Å². The van der Waals surface area contributed by atoms with Crippen molar-refractivity contribution in [3.63, 3.8) is 0 Å². The third kappa shape index (κ3) is 5.45. The van der Waals surface area contributed by atoms with Crippen LogP contribution in [0.3, 0.4) is 0 Å². The van der Waals surface area contributed by atoms with Gasteiger partial charge in [-0.15, -0.1) is 0 Å². The summed E-state index contributed by atoms with van der Waals surface area (Å²) in [7, 11) is 0. The number of benzene rings is 1. The molecule has 1 aromatic carbocycles. The van der Waals surface area contributed by atoms with E-state index in [0.717, 1.165) is 18.4 Å². The predicted molar refractivity (Wildman–Crippen MR) is 78.2 cm³/mol. The zero-order valence-electron chi connectivity index (χ0n) is 12.7. The molecule has 0 saturated carbocycles. The van der Waals surface area contributed by atoms with E-state index in [9.17, 15) is 8.78 Å². The maximum atomic E-state index is 12.4. The second-order valence-corrected chi connectivity index (χ2v) is 5.45. The summed E-state index contributed by atoms with van der Waals surface area (Å²) in [6.07, 6.45) is 2.21. The van der Waals surface area contributed by atoms with Gasteiger partial charge in [-0.1, -0.05) is 38.5 Å². The fraction of sp³-hybridized carbons (Fsp3) is 0.625. The molecule has 1 N–H and O–H groups in total. The Morgan fingerprint density at radius 1 is 1.15 bits per heavy atom. The van der Waals surface area contributed by atoms with Crippen LogP contribution in [-0.4, -0.2) is 12.7 Å². The van der Waals surface area contributed by atoms with Crippen LogP contribution in [0.4, 0.5) is 8.78 Å². The Balaban J connectivity index is 2.69. The molecule has 0 bridgehead atoms. The van der Waals surface area contributed by atoms with E-state index < -0.39 is 6.61 Å². The largest absolute Gasteiger partial charge is 0.434 e. The minimum absolute atomic E-state index is 0.0241. The Morgan fingerprint density at radius 3 is 2.40 bits per heavy atom. The Kier molecular flexibility index (Phi) is 6.93. The highest BCUT2D eigenvalue weighted by molar-refractivity contribution is 5.35. The molecule has 0 saturated heterocycles.